The average Bonchev–Trinajstić information content (AvgIpc) is 2.90. The van der Waals surface area contributed by atoms with Crippen LogP contribution < -0.4 is 5.56 Å². The van der Waals surface area contributed by atoms with Crippen molar-refractivity contribution in [3.8, 4) is 11.1 Å². The molecule has 1 aliphatic heterocycles. The van der Waals surface area contributed by atoms with Crippen LogP contribution in [0.15, 0.2) is 77.7 Å². The van der Waals surface area contributed by atoms with E-state index in [1.165, 1.54) is 0 Å². The lowest BCUT2D eigenvalue weighted by molar-refractivity contribution is -0.0711. The number of aryl methyl sites for hydroxylation is 1. The van der Waals surface area contributed by atoms with Crippen LogP contribution in [0.4, 0.5) is 4.79 Å². The number of nitrogens with zero attached hydrogens (tertiary/aromatic N) is 2. The number of cyclic esters (lactones) is 1. The Bertz CT molecular complexity index is 1350. The van der Waals surface area contributed by atoms with E-state index in [-0.39, 0.29) is 22.7 Å². The molecule has 0 radical (unpaired) electrons. The first-order valence-corrected chi connectivity index (χ1v) is 16.7. The molecule has 2 aromatic carbocycles. The Morgan fingerprint density at radius 3 is 2.21 bits per heavy atom. The van der Waals surface area contributed by atoms with Crippen LogP contribution >= 0.6 is 0 Å². The maximum atomic E-state index is 13.5. The van der Waals surface area contributed by atoms with Gasteiger partial charge in [-0.3, -0.25) is 4.79 Å². The number of ether oxygens (including phenoxy) is 1. The molecule has 0 spiro atoms. The van der Waals surface area contributed by atoms with Crippen molar-refractivity contribution in [1.29, 1.82) is 0 Å². The van der Waals surface area contributed by atoms with Gasteiger partial charge in [-0.25, -0.2) is 4.79 Å². The Morgan fingerprint density at radius 2 is 1.62 bits per heavy atom. The van der Waals surface area contributed by atoms with E-state index in [0.29, 0.717) is 26.0 Å². The summed E-state index contributed by atoms with van der Waals surface area (Å²) in [4.78, 5) is 27.1. The largest absolute Gasteiger partial charge is 0.438 e. The molecule has 208 valence electrons. The third kappa shape index (κ3) is 6.20. The number of hydrogen-bond donors (Lipinski definition) is 0. The molecule has 0 unspecified atom stereocenters. The Hall–Kier alpha value is -3.16. The lowest BCUT2D eigenvalue weighted by Crippen LogP contribution is -2.50. The first-order valence-electron chi connectivity index (χ1n) is 13.8. The minimum Gasteiger partial charge on any atom is -0.438 e. The minimum atomic E-state index is -1.92. The first kappa shape index (κ1) is 28.8. The van der Waals surface area contributed by atoms with Crippen molar-refractivity contribution >= 4 is 14.4 Å². The van der Waals surface area contributed by atoms with Crippen molar-refractivity contribution < 1.29 is 14.0 Å². The second-order valence-electron chi connectivity index (χ2n) is 12.2. The number of pyridine rings is 1. The van der Waals surface area contributed by atoms with E-state index in [1.807, 2.05) is 66.6 Å². The highest BCUT2D eigenvalue weighted by Gasteiger charge is 2.44. The van der Waals surface area contributed by atoms with Gasteiger partial charge in [-0.05, 0) is 53.4 Å². The zero-order valence-electron chi connectivity index (χ0n) is 24.4. The van der Waals surface area contributed by atoms with Gasteiger partial charge < -0.3 is 18.6 Å². The summed E-state index contributed by atoms with van der Waals surface area (Å²) in [7, 11) is -0.170. The fourth-order valence-electron chi connectivity index (χ4n) is 4.87. The fourth-order valence-corrected chi connectivity index (χ4v) is 5.92. The molecular formula is C32H42N2O4Si. The smallest absolute Gasteiger partial charge is 0.411 e. The summed E-state index contributed by atoms with van der Waals surface area (Å²) >= 11 is 0. The zero-order chi connectivity index (χ0) is 28.4. The monoisotopic (exact) mass is 546 g/mol. The molecule has 0 bridgehead atoms. The number of carbonyl (C=O) groups is 1. The summed E-state index contributed by atoms with van der Waals surface area (Å²) in [6, 6.07) is 21.5. The van der Waals surface area contributed by atoms with Crippen LogP contribution in [0.5, 0.6) is 0 Å². The lowest BCUT2D eigenvalue weighted by Gasteiger charge is -2.44. The molecule has 6 nitrogen and oxygen atoms in total. The zero-order valence-corrected chi connectivity index (χ0v) is 25.4. The van der Waals surface area contributed by atoms with Gasteiger partial charge in [-0.1, -0.05) is 75.4 Å². The minimum absolute atomic E-state index is 0.0364. The quantitative estimate of drug-likeness (QED) is 0.279. The van der Waals surface area contributed by atoms with Gasteiger partial charge >= 0.3 is 6.09 Å². The molecular weight excluding hydrogens is 504 g/mol. The summed E-state index contributed by atoms with van der Waals surface area (Å²) in [5.41, 5.74) is 3.31. The SMILES string of the molecule is C[C@@H](c1ccc(-c2ccc(=O)n(C)c2)cc1)N1CC[C@](CCO[Si](C)(C)C(C)(C)C)(c2ccccc2)OC1=O. The molecule has 2 heterocycles. The lowest BCUT2D eigenvalue weighted by atomic mass is 9.85. The normalized spacial score (nSPS) is 19.1. The standard InChI is InChI=1S/C32H42N2O4Si/c1-24(25-13-15-26(16-14-25)27-17-18-29(35)33(5)23-27)34-21-19-32(38-30(34)36,28-11-9-8-10-12-28)20-22-37-39(6,7)31(2,3)4/h8-18,23-24H,19-22H2,1-7H3/t24-,32-/m0/s1. The molecule has 4 rings (SSSR count). The number of rotatable bonds is 8. The van der Waals surface area contributed by atoms with Crippen molar-refractivity contribution in [3.05, 3.63) is 94.4 Å². The van der Waals surface area contributed by atoms with E-state index in [1.54, 1.807) is 17.7 Å². The fraction of sp³-hybridized carbons (Fsp3) is 0.438. The van der Waals surface area contributed by atoms with Crippen LogP contribution in [-0.2, 0) is 21.8 Å². The van der Waals surface area contributed by atoms with E-state index < -0.39 is 13.9 Å². The van der Waals surface area contributed by atoms with E-state index in [2.05, 4.69) is 46.0 Å². The number of amides is 1. The van der Waals surface area contributed by atoms with E-state index in [4.69, 9.17) is 9.16 Å². The van der Waals surface area contributed by atoms with Crippen molar-refractivity contribution in [2.75, 3.05) is 13.2 Å². The Balaban J connectivity index is 1.49. The summed E-state index contributed by atoms with van der Waals surface area (Å²) in [5, 5.41) is 0.120. The van der Waals surface area contributed by atoms with Crippen molar-refractivity contribution in [3.63, 3.8) is 0 Å². The Labute approximate surface area is 233 Å². The molecule has 1 amide bonds. The third-order valence-corrected chi connectivity index (χ3v) is 13.2. The Morgan fingerprint density at radius 1 is 0.974 bits per heavy atom. The predicted molar refractivity (Wildman–Crippen MR) is 159 cm³/mol. The molecule has 1 aliphatic rings. The van der Waals surface area contributed by atoms with Gasteiger partial charge in [0.25, 0.3) is 0 Å². The molecule has 1 aromatic heterocycles. The molecule has 39 heavy (non-hydrogen) atoms. The summed E-state index contributed by atoms with van der Waals surface area (Å²) in [6.45, 7) is 14.4. The van der Waals surface area contributed by atoms with Crippen LogP contribution in [-0.4, -0.2) is 37.0 Å². The van der Waals surface area contributed by atoms with Gasteiger partial charge in [0.2, 0.25) is 5.56 Å². The van der Waals surface area contributed by atoms with Crippen LogP contribution in [0.1, 0.15) is 57.7 Å². The van der Waals surface area contributed by atoms with Gasteiger partial charge in [0.05, 0.1) is 6.04 Å². The number of hydrogen-bond acceptors (Lipinski definition) is 4. The number of aromatic nitrogens is 1. The predicted octanol–water partition coefficient (Wildman–Crippen LogP) is 7.26. The highest BCUT2D eigenvalue weighted by molar-refractivity contribution is 6.74. The third-order valence-electron chi connectivity index (χ3n) is 8.63. The molecule has 3 aromatic rings. The van der Waals surface area contributed by atoms with E-state index >= 15 is 0 Å². The van der Waals surface area contributed by atoms with Gasteiger partial charge in [0, 0.05) is 45.3 Å². The maximum Gasteiger partial charge on any atom is 0.411 e. The summed E-state index contributed by atoms with van der Waals surface area (Å²) in [6.07, 6.45) is 2.86. The van der Waals surface area contributed by atoms with Crippen LogP contribution in [0, 0.1) is 0 Å². The van der Waals surface area contributed by atoms with Gasteiger partial charge in [0.1, 0.15) is 5.60 Å². The van der Waals surface area contributed by atoms with Crippen LogP contribution in [0.3, 0.4) is 0 Å². The molecule has 0 saturated carbocycles. The first-order chi connectivity index (χ1) is 18.3. The second kappa shape index (κ2) is 11.1. The Kier molecular flexibility index (Phi) is 8.24. The molecule has 1 fully saturated rings. The van der Waals surface area contributed by atoms with Gasteiger partial charge in [-0.2, -0.15) is 0 Å². The number of carbonyl (C=O) groups excluding carboxylic acids is 1. The summed E-state index contributed by atoms with van der Waals surface area (Å²) in [5.74, 6) is 0. The van der Waals surface area contributed by atoms with Gasteiger partial charge in [0.15, 0.2) is 8.32 Å². The van der Waals surface area contributed by atoms with E-state index in [0.717, 1.165) is 22.3 Å². The van der Waals surface area contributed by atoms with Crippen molar-refractivity contribution in [1.82, 2.24) is 9.47 Å². The second-order valence-corrected chi connectivity index (χ2v) is 17.0. The highest BCUT2D eigenvalue weighted by atomic mass is 28.4. The number of benzene rings is 2. The molecule has 2 atom stereocenters. The van der Waals surface area contributed by atoms with Gasteiger partial charge in [-0.15, -0.1) is 0 Å². The molecule has 7 heteroatoms. The molecule has 0 N–H and O–H groups in total. The highest BCUT2D eigenvalue weighted by Crippen LogP contribution is 2.41. The van der Waals surface area contributed by atoms with E-state index in [9.17, 15) is 9.59 Å². The van der Waals surface area contributed by atoms with Crippen LogP contribution in [0.2, 0.25) is 18.1 Å². The van der Waals surface area contributed by atoms with Crippen molar-refractivity contribution in [2.24, 2.45) is 7.05 Å². The molecule has 1 saturated heterocycles. The maximum absolute atomic E-state index is 13.5. The van der Waals surface area contributed by atoms with Crippen molar-refractivity contribution in [2.45, 2.75) is 70.3 Å². The topological polar surface area (TPSA) is 60.8 Å². The van der Waals surface area contributed by atoms with Crippen LogP contribution in [0.25, 0.3) is 11.1 Å². The summed E-state index contributed by atoms with van der Waals surface area (Å²) < 4.78 is 14.4. The average molecular weight is 547 g/mol. The molecule has 0 aliphatic carbocycles.